The third-order valence-electron chi connectivity index (χ3n) is 9.85. The molecule has 6 N–H and O–H groups in total. The molecule has 0 amide bonds. The van der Waals surface area contributed by atoms with Crippen LogP contribution in [0.15, 0.2) is 23.3 Å². The average Bonchev–Trinajstić information content (AvgIpc) is 3.72. The predicted molar refractivity (Wildman–Crippen MR) is 197 cm³/mol. The fraction of sp³-hybridized carbons (Fsp3) is 0.875. The maximum absolute atomic E-state index is 11.3. The number of aliphatic hydroxyl groups is 1. The third kappa shape index (κ3) is 23.4. The molecular weight excluding hydrogens is 542 g/mol. The van der Waals surface area contributed by atoms with Crippen LogP contribution in [0.2, 0.25) is 0 Å². The number of hydrogen-bond acceptors (Lipinski definition) is 3. The molecule has 3 aliphatic rings. The fourth-order valence-corrected chi connectivity index (χ4v) is 6.50. The lowest BCUT2D eigenvalue weighted by Gasteiger charge is -2.29. The zero-order valence-electron chi connectivity index (χ0n) is 29.9. The average molecular weight is 624 g/mol. The van der Waals surface area contributed by atoms with Gasteiger partial charge in [0.1, 0.15) is 5.78 Å². The minimum absolute atomic E-state index is 0. The molecule has 0 aromatic rings. The Labute approximate surface area is 276 Å². The third-order valence-corrected chi connectivity index (χ3v) is 9.85. The lowest BCUT2D eigenvalue weighted by atomic mass is 9.76. The van der Waals surface area contributed by atoms with E-state index in [1.54, 1.807) is 11.1 Å². The van der Waals surface area contributed by atoms with Crippen molar-refractivity contribution in [3.05, 3.63) is 23.3 Å². The first-order valence-electron chi connectivity index (χ1n) is 18.4. The molecule has 4 nitrogen and oxygen atoms in total. The van der Waals surface area contributed by atoms with Gasteiger partial charge in [0.15, 0.2) is 0 Å². The highest BCUT2D eigenvalue weighted by Gasteiger charge is 2.24. The largest absolute Gasteiger partial charge is 0.412 e. The Hall–Kier alpha value is -0.970. The minimum atomic E-state index is -0.130. The monoisotopic (exact) mass is 624 g/mol. The van der Waals surface area contributed by atoms with Crippen LogP contribution in [0.5, 0.6) is 0 Å². The summed E-state index contributed by atoms with van der Waals surface area (Å²) < 4.78 is 0. The highest BCUT2D eigenvalue weighted by molar-refractivity contribution is 5.82. The van der Waals surface area contributed by atoms with Gasteiger partial charge in [-0.3, -0.25) is 4.79 Å². The standard InChI is InChI=1S/C24H42.C12H22O2.C3H8.CH4.H3N.H2O/c1-4-5-6-7-8-12-23-16-18-24(19-17-23)21(3)20(2)11-9-10-13-22-14-15-22;1-2-11(13)8-4-3-6-10-7-5-9-12(10)14;1-3-2;;;/h7-8,22-24H,4-6,9-19H2,1-3H3;10-11,13H,2-9H2,1H3;3H2,1-2H3;1H4;1H3;1H2/b8-7-,21-20-;;;;;. The molecule has 0 radical (unpaired) electrons. The minimum Gasteiger partial charge on any atom is -0.412 e. The first-order valence-corrected chi connectivity index (χ1v) is 18.4. The van der Waals surface area contributed by atoms with Crippen LogP contribution in [0.3, 0.4) is 0 Å². The van der Waals surface area contributed by atoms with Crippen LogP contribution in [-0.4, -0.2) is 22.5 Å². The first kappa shape index (κ1) is 47.4. The van der Waals surface area contributed by atoms with Crippen molar-refractivity contribution in [3.63, 3.8) is 0 Å². The number of ketones is 1. The van der Waals surface area contributed by atoms with Gasteiger partial charge in [0.2, 0.25) is 0 Å². The molecule has 4 heteroatoms. The van der Waals surface area contributed by atoms with Crippen LogP contribution in [-0.2, 0) is 4.79 Å². The van der Waals surface area contributed by atoms with Crippen LogP contribution >= 0.6 is 0 Å². The Bertz CT molecular complexity index is 703. The number of unbranched alkanes of at least 4 members (excludes halogenated alkanes) is 4. The molecule has 0 bridgehead atoms. The number of carbonyl (C=O) groups is 1. The van der Waals surface area contributed by atoms with E-state index in [4.69, 9.17) is 0 Å². The summed E-state index contributed by atoms with van der Waals surface area (Å²) in [5.74, 6) is 3.80. The lowest BCUT2D eigenvalue weighted by Crippen LogP contribution is -2.15. The maximum atomic E-state index is 11.3. The van der Waals surface area contributed by atoms with Crippen LogP contribution in [0.1, 0.15) is 197 Å². The van der Waals surface area contributed by atoms with Gasteiger partial charge in [0.25, 0.3) is 0 Å². The van der Waals surface area contributed by atoms with Gasteiger partial charge in [0, 0.05) is 12.3 Å². The summed E-state index contributed by atoms with van der Waals surface area (Å²) in [6, 6.07) is 0. The molecule has 2 unspecified atom stereocenters. The van der Waals surface area contributed by atoms with Crippen molar-refractivity contribution in [1.82, 2.24) is 6.15 Å². The molecule has 44 heavy (non-hydrogen) atoms. The summed E-state index contributed by atoms with van der Waals surface area (Å²) in [7, 11) is 0. The van der Waals surface area contributed by atoms with Gasteiger partial charge in [-0.15, -0.1) is 0 Å². The number of hydrogen-bond donors (Lipinski definition) is 2. The molecule has 3 saturated carbocycles. The summed E-state index contributed by atoms with van der Waals surface area (Å²) in [6.07, 6.45) is 33.9. The molecule has 3 rings (SSSR count). The SMILES string of the molecule is C.CCC.CCC(O)CCCCC1CCCC1=O.CCCC/C=C\CC1CCC(/C(C)=C(/C)CCCCC2CC2)CC1.N.O. The van der Waals surface area contributed by atoms with Crippen LogP contribution in [0, 0.1) is 23.7 Å². The molecule has 0 heterocycles. The fourth-order valence-electron chi connectivity index (χ4n) is 6.50. The Morgan fingerprint density at radius 2 is 1.45 bits per heavy atom. The first-order chi connectivity index (χ1) is 19.9. The normalized spacial score (nSPS) is 22.2. The van der Waals surface area contributed by atoms with E-state index in [0.29, 0.717) is 11.7 Å². The molecule has 0 spiro atoms. The summed E-state index contributed by atoms with van der Waals surface area (Å²) in [5, 5.41) is 9.33. The number of aliphatic hydroxyl groups excluding tert-OH is 1. The summed E-state index contributed by atoms with van der Waals surface area (Å²) in [6.45, 7) is 13.4. The number of rotatable bonds is 17. The van der Waals surface area contributed by atoms with Gasteiger partial charge < -0.3 is 16.7 Å². The van der Waals surface area contributed by atoms with E-state index >= 15 is 0 Å². The Morgan fingerprint density at radius 3 is 2.00 bits per heavy atom. The smallest absolute Gasteiger partial charge is 0.135 e. The van der Waals surface area contributed by atoms with Crippen molar-refractivity contribution in [2.24, 2.45) is 23.7 Å². The van der Waals surface area contributed by atoms with Crippen molar-refractivity contribution in [2.45, 2.75) is 203 Å². The summed E-state index contributed by atoms with van der Waals surface area (Å²) >= 11 is 0. The van der Waals surface area contributed by atoms with Gasteiger partial charge >= 0.3 is 0 Å². The molecule has 0 aromatic carbocycles. The molecule has 3 aliphatic carbocycles. The van der Waals surface area contributed by atoms with E-state index in [1.807, 2.05) is 6.92 Å². The van der Waals surface area contributed by atoms with Crippen LogP contribution in [0.25, 0.3) is 0 Å². The van der Waals surface area contributed by atoms with Crippen molar-refractivity contribution >= 4 is 5.78 Å². The number of Topliss-reactive ketones (excluding diaryl/α,β-unsaturated/α-hetero) is 1. The van der Waals surface area contributed by atoms with Gasteiger partial charge in [-0.05, 0) is 115 Å². The highest BCUT2D eigenvalue weighted by Crippen LogP contribution is 2.37. The lowest BCUT2D eigenvalue weighted by molar-refractivity contribution is -0.120. The maximum Gasteiger partial charge on any atom is 0.135 e. The second-order valence-corrected chi connectivity index (χ2v) is 13.8. The Balaban J connectivity index is -0.000000724. The molecule has 0 aromatic heterocycles. The van der Waals surface area contributed by atoms with Crippen LogP contribution in [0.4, 0.5) is 0 Å². The van der Waals surface area contributed by atoms with Gasteiger partial charge in [-0.25, -0.2) is 0 Å². The van der Waals surface area contributed by atoms with Gasteiger partial charge in [-0.2, -0.15) is 0 Å². The molecule has 0 aliphatic heterocycles. The second-order valence-electron chi connectivity index (χ2n) is 13.8. The Morgan fingerprint density at radius 1 is 0.841 bits per heavy atom. The molecule has 2 atom stereocenters. The molecule has 264 valence electrons. The van der Waals surface area contributed by atoms with E-state index in [1.165, 1.54) is 96.3 Å². The molecule has 3 fully saturated rings. The highest BCUT2D eigenvalue weighted by atomic mass is 16.3. The summed E-state index contributed by atoms with van der Waals surface area (Å²) in [4.78, 5) is 11.3. The van der Waals surface area contributed by atoms with E-state index in [0.717, 1.165) is 69.1 Å². The molecular formula is C40H81NO3. The number of carbonyl (C=O) groups excluding carboxylic acids is 1. The summed E-state index contributed by atoms with van der Waals surface area (Å²) in [5.41, 5.74) is 3.46. The number of allylic oxidation sites excluding steroid dienone is 4. The van der Waals surface area contributed by atoms with Crippen molar-refractivity contribution in [1.29, 1.82) is 0 Å². The van der Waals surface area contributed by atoms with E-state index in [-0.39, 0.29) is 25.2 Å². The van der Waals surface area contributed by atoms with Crippen molar-refractivity contribution < 1.29 is 15.4 Å². The zero-order chi connectivity index (χ0) is 30.3. The molecule has 0 saturated heterocycles. The Kier molecular flexibility index (Phi) is 33.1. The van der Waals surface area contributed by atoms with Crippen molar-refractivity contribution in [3.8, 4) is 0 Å². The van der Waals surface area contributed by atoms with Gasteiger partial charge in [0.05, 0.1) is 6.10 Å². The van der Waals surface area contributed by atoms with E-state index in [2.05, 4.69) is 46.8 Å². The van der Waals surface area contributed by atoms with Gasteiger partial charge in [-0.1, -0.05) is 116 Å². The second kappa shape index (κ2) is 30.7. The van der Waals surface area contributed by atoms with E-state index in [9.17, 15) is 9.90 Å². The predicted octanol–water partition coefficient (Wildman–Crippen LogP) is 12.3. The van der Waals surface area contributed by atoms with Crippen molar-refractivity contribution in [2.75, 3.05) is 0 Å². The van der Waals surface area contributed by atoms with Crippen LogP contribution < -0.4 is 6.15 Å². The zero-order valence-corrected chi connectivity index (χ0v) is 29.9. The topological polar surface area (TPSA) is 104 Å². The van der Waals surface area contributed by atoms with E-state index < -0.39 is 0 Å². The quantitative estimate of drug-likeness (QED) is 0.124.